The summed E-state index contributed by atoms with van der Waals surface area (Å²) in [5.74, 6) is 0.880. The molecule has 0 radical (unpaired) electrons. The van der Waals surface area contributed by atoms with E-state index in [2.05, 4.69) is 18.3 Å². The highest BCUT2D eigenvalue weighted by molar-refractivity contribution is 5.33. The number of piperidine rings is 1. The van der Waals surface area contributed by atoms with Crippen molar-refractivity contribution >= 4 is 0 Å². The van der Waals surface area contributed by atoms with Crippen molar-refractivity contribution in [2.75, 3.05) is 13.1 Å². The van der Waals surface area contributed by atoms with Crippen molar-refractivity contribution in [3.05, 3.63) is 23.6 Å². The quantitative estimate of drug-likeness (QED) is 0.697. The van der Waals surface area contributed by atoms with Gasteiger partial charge in [0.1, 0.15) is 5.83 Å². The Kier molecular flexibility index (Phi) is 1.75. The van der Waals surface area contributed by atoms with Crippen LogP contribution in [0.3, 0.4) is 0 Å². The van der Waals surface area contributed by atoms with Gasteiger partial charge in [0.25, 0.3) is 0 Å². The average Bonchev–Trinajstić information content (AvgIpc) is 2.78. The molecule has 15 heavy (non-hydrogen) atoms. The van der Waals surface area contributed by atoms with Crippen molar-refractivity contribution < 1.29 is 4.39 Å². The van der Waals surface area contributed by atoms with E-state index in [9.17, 15) is 4.39 Å². The normalized spacial score (nSPS) is 48.3. The zero-order valence-electron chi connectivity index (χ0n) is 9.44. The fourth-order valence-corrected chi connectivity index (χ4v) is 3.50. The summed E-state index contributed by atoms with van der Waals surface area (Å²) in [4.78, 5) is 0. The van der Waals surface area contributed by atoms with E-state index in [1.54, 1.807) is 0 Å². The maximum Gasteiger partial charge on any atom is 0.104 e. The molecule has 0 amide bonds. The van der Waals surface area contributed by atoms with E-state index in [0.717, 1.165) is 24.6 Å². The summed E-state index contributed by atoms with van der Waals surface area (Å²) in [6.07, 6.45) is 6.11. The van der Waals surface area contributed by atoms with E-state index in [4.69, 9.17) is 0 Å². The van der Waals surface area contributed by atoms with Gasteiger partial charge < -0.3 is 5.32 Å². The first-order valence-electron chi connectivity index (χ1n) is 5.83. The van der Waals surface area contributed by atoms with Crippen LogP contribution in [0.1, 0.15) is 26.7 Å². The summed E-state index contributed by atoms with van der Waals surface area (Å²) in [5.41, 5.74) is 1.22. The van der Waals surface area contributed by atoms with Crippen molar-refractivity contribution in [3.63, 3.8) is 0 Å². The van der Waals surface area contributed by atoms with Crippen LogP contribution in [-0.2, 0) is 0 Å². The Morgan fingerprint density at radius 2 is 2.33 bits per heavy atom. The molecule has 3 atom stereocenters. The molecule has 2 heteroatoms. The molecule has 3 aliphatic rings. The monoisotopic (exact) mass is 207 g/mol. The van der Waals surface area contributed by atoms with Gasteiger partial charge in [-0.05, 0) is 42.2 Å². The minimum Gasteiger partial charge on any atom is -0.316 e. The maximum atomic E-state index is 13.7. The van der Waals surface area contributed by atoms with Gasteiger partial charge in [0.15, 0.2) is 0 Å². The predicted octanol–water partition coefficient (Wildman–Crippen LogP) is 2.81. The average molecular weight is 207 g/mol. The van der Waals surface area contributed by atoms with Gasteiger partial charge >= 0.3 is 0 Å². The van der Waals surface area contributed by atoms with E-state index < -0.39 is 0 Å². The fourth-order valence-electron chi connectivity index (χ4n) is 3.50. The Hall–Kier alpha value is -0.630. The highest BCUT2D eigenvalue weighted by atomic mass is 19.1. The van der Waals surface area contributed by atoms with Crippen LogP contribution in [-0.4, -0.2) is 13.1 Å². The van der Waals surface area contributed by atoms with Crippen LogP contribution in [0.2, 0.25) is 0 Å². The fraction of sp³-hybridized carbons (Fsp3) is 0.692. The van der Waals surface area contributed by atoms with Crippen molar-refractivity contribution in [1.29, 1.82) is 0 Å². The van der Waals surface area contributed by atoms with Crippen molar-refractivity contribution in [2.45, 2.75) is 26.7 Å². The van der Waals surface area contributed by atoms with E-state index in [-0.39, 0.29) is 11.2 Å². The van der Waals surface area contributed by atoms with Crippen molar-refractivity contribution in [1.82, 2.24) is 5.32 Å². The number of halogens is 1. The molecule has 1 heterocycles. The Balaban J connectivity index is 1.91. The van der Waals surface area contributed by atoms with Gasteiger partial charge in [0, 0.05) is 13.0 Å². The molecular formula is C13H18FN. The summed E-state index contributed by atoms with van der Waals surface area (Å²) in [5, 5.41) is 3.44. The summed E-state index contributed by atoms with van der Waals surface area (Å²) >= 11 is 0. The smallest absolute Gasteiger partial charge is 0.104 e. The second-order valence-corrected chi connectivity index (χ2v) is 5.70. The minimum atomic E-state index is 0.0464. The van der Waals surface area contributed by atoms with Crippen LogP contribution < -0.4 is 5.32 Å². The lowest BCUT2D eigenvalue weighted by Crippen LogP contribution is -2.33. The molecule has 3 rings (SSSR count). The third-order valence-electron chi connectivity index (χ3n) is 4.85. The first kappa shape index (κ1) is 9.59. The van der Waals surface area contributed by atoms with Crippen molar-refractivity contribution in [2.24, 2.45) is 16.7 Å². The Morgan fingerprint density at radius 3 is 2.87 bits per heavy atom. The molecule has 0 bridgehead atoms. The molecule has 1 saturated carbocycles. The summed E-state index contributed by atoms with van der Waals surface area (Å²) in [7, 11) is 0. The van der Waals surface area contributed by atoms with Crippen LogP contribution in [0.5, 0.6) is 0 Å². The standard InChI is InChI=1S/C13H18FN/c1-9-3-4-12(2,6-11(9)14)13-5-10(13)7-15-8-13/h3-4,10,15H,5-8H2,1-2H3/t10-,12?,13-/m0/s1. The Labute approximate surface area is 90.4 Å². The Morgan fingerprint density at radius 1 is 1.53 bits per heavy atom. The first-order chi connectivity index (χ1) is 7.07. The van der Waals surface area contributed by atoms with E-state index in [1.165, 1.54) is 6.42 Å². The van der Waals surface area contributed by atoms with Crippen LogP contribution >= 0.6 is 0 Å². The molecule has 0 spiro atoms. The van der Waals surface area contributed by atoms with E-state index in [0.29, 0.717) is 11.8 Å². The van der Waals surface area contributed by atoms with E-state index >= 15 is 0 Å². The molecule has 0 aromatic heterocycles. The zero-order chi connectivity index (χ0) is 10.7. The molecule has 1 N–H and O–H groups in total. The zero-order valence-corrected chi connectivity index (χ0v) is 9.44. The number of hydrogen-bond acceptors (Lipinski definition) is 1. The highest BCUT2D eigenvalue weighted by Gasteiger charge is 2.65. The van der Waals surface area contributed by atoms with E-state index in [1.807, 2.05) is 13.0 Å². The lowest BCUT2D eigenvalue weighted by atomic mass is 9.68. The lowest BCUT2D eigenvalue weighted by molar-refractivity contribution is 0.212. The third-order valence-corrected chi connectivity index (χ3v) is 4.85. The third kappa shape index (κ3) is 1.12. The number of hydrogen-bond donors (Lipinski definition) is 1. The van der Waals surface area contributed by atoms with Gasteiger partial charge in [-0.2, -0.15) is 0 Å². The van der Waals surface area contributed by atoms with Crippen LogP contribution in [0.15, 0.2) is 23.6 Å². The van der Waals surface area contributed by atoms with Crippen LogP contribution in [0.25, 0.3) is 0 Å². The summed E-state index contributed by atoms with van der Waals surface area (Å²) in [6.45, 7) is 6.29. The first-order valence-corrected chi connectivity index (χ1v) is 5.83. The summed E-state index contributed by atoms with van der Waals surface area (Å²) in [6, 6.07) is 0. The van der Waals surface area contributed by atoms with Gasteiger partial charge in [-0.25, -0.2) is 4.39 Å². The largest absolute Gasteiger partial charge is 0.316 e. The van der Waals surface area contributed by atoms with Crippen LogP contribution in [0, 0.1) is 16.7 Å². The molecule has 2 fully saturated rings. The van der Waals surface area contributed by atoms with Crippen molar-refractivity contribution in [3.8, 4) is 0 Å². The number of rotatable bonds is 1. The van der Waals surface area contributed by atoms with Crippen LogP contribution in [0.4, 0.5) is 4.39 Å². The molecule has 1 nitrogen and oxygen atoms in total. The van der Waals surface area contributed by atoms with Gasteiger partial charge in [-0.1, -0.05) is 19.1 Å². The van der Waals surface area contributed by atoms with Gasteiger partial charge in [-0.3, -0.25) is 0 Å². The molecule has 1 aliphatic heterocycles. The molecule has 1 unspecified atom stereocenters. The number of allylic oxidation sites excluding steroid dienone is 4. The number of nitrogens with one attached hydrogen (secondary N) is 1. The summed E-state index contributed by atoms with van der Waals surface area (Å²) < 4.78 is 13.7. The minimum absolute atomic E-state index is 0.0464. The Bertz CT molecular complexity index is 371. The number of fused-ring (bicyclic) bond motifs is 1. The molecular weight excluding hydrogens is 189 g/mol. The molecule has 1 saturated heterocycles. The predicted molar refractivity (Wildman–Crippen MR) is 59.1 cm³/mol. The van der Waals surface area contributed by atoms with Gasteiger partial charge in [0.05, 0.1) is 0 Å². The maximum absolute atomic E-state index is 13.7. The highest BCUT2D eigenvalue weighted by Crippen LogP contribution is 2.68. The topological polar surface area (TPSA) is 12.0 Å². The van der Waals surface area contributed by atoms with Gasteiger partial charge in [0.2, 0.25) is 0 Å². The SMILES string of the molecule is CC1=C(F)CC(C)([C@@]23CNC[C@@H]2C3)C=C1. The molecule has 0 aromatic rings. The second-order valence-electron chi connectivity index (χ2n) is 5.70. The second kappa shape index (κ2) is 2.73. The molecule has 0 aromatic carbocycles. The van der Waals surface area contributed by atoms with Gasteiger partial charge in [-0.15, -0.1) is 0 Å². The lowest BCUT2D eigenvalue weighted by Gasteiger charge is -2.36. The molecule has 82 valence electrons. The molecule has 2 aliphatic carbocycles.